The van der Waals surface area contributed by atoms with E-state index in [1.54, 1.807) is 0 Å². The van der Waals surface area contributed by atoms with E-state index >= 15 is 0 Å². The molecule has 0 saturated heterocycles. The van der Waals surface area contributed by atoms with Gasteiger partial charge in [-0.1, -0.05) is 12.1 Å². The van der Waals surface area contributed by atoms with Crippen molar-refractivity contribution in [2.75, 3.05) is 0 Å². The Morgan fingerprint density at radius 2 is 2.07 bits per heavy atom. The molecule has 0 aliphatic carbocycles. The standard InChI is InChI=1S/C12H15BrN2/c1-7-4-5-9-10(6-7)15(3)12(8(2)14)11(9)13/h4-6,8H,14H2,1-3H3. The molecule has 1 aromatic carbocycles. The maximum Gasteiger partial charge on any atom is 0.0494 e. The first kappa shape index (κ1) is 10.7. The Morgan fingerprint density at radius 1 is 1.40 bits per heavy atom. The Morgan fingerprint density at radius 3 is 2.67 bits per heavy atom. The molecule has 0 aliphatic rings. The van der Waals surface area contributed by atoms with E-state index in [1.165, 1.54) is 16.5 Å². The summed E-state index contributed by atoms with van der Waals surface area (Å²) >= 11 is 3.63. The quantitative estimate of drug-likeness (QED) is 0.844. The van der Waals surface area contributed by atoms with Gasteiger partial charge in [0.05, 0.1) is 0 Å². The summed E-state index contributed by atoms with van der Waals surface area (Å²) in [5, 5.41) is 1.23. The molecule has 2 aromatic rings. The Labute approximate surface area is 98.2 Å². The first-order valence-corrected chi connectivity index (χ1v) is 5.81. The minimum atomic E-state index is 0.0390. The highest BCUT2D eigenvalue weighted by atomic mass is 79.9. The van der Waals surface area contributed by atoms with Gasteiger partial charge in [-0.3, -0.25) is 0 Å². The van der Waals surface area contributed by atoms with Gasteiger partial charge in [0, 0.05) is 34.2 Å². The van der Waals surface area contributed by atoms with Crippen molar-refractivity contribution >= 4 is 26.8 Å². The van der Waals surface area contributed by atoms with Gasteiger partial charge >= 0.3 is 0 Å². The maximum absolute atomic E-state index is 5.97. The average Bonchev–Trinajstić information content (AvgIpc) is 2.39. The molecule has 2 rings (SSSR count). The smallest absolute Gasteiger partial charge is 0.0494 e. The van der Waals surface area contributed by atoms with E-state index in [4.69, 9.17) is 5.73 Å². The van der Waals surface area contributed by atoms with Gasteiger partial charge in [0.2, 0.25) is 0 Å². The van der Waals surface area contributed by atoms with Crippen LogP contribution in [0, 0.1) is 6.92 Å². The lowest BCUT2D eigenvalue weighted by atomic mass is 10.2. The number of rotatable bonds is 1. The van der Waals surface area contributed by atoms with E-state index in [0.29, 0.717) is 0 Å². The third-order valence-corrected chi connectivity index (χ3v) is 3.60. The molecule has 0 fully saturated rings. The van der Waals surface area contributed by atoms with Gasteiger partial charge in [0.15, 0.2) is 0 Å². The number of halogens is 1. The van der Waals surface area contributed by atoms with Crippen LogP contribution in [0.4, 0.5) is 0 Å². The number of aromatic nitrogens is 1. The number of benzene rings is 1. The van der Waals surface area contributed by atoms with Gasteiger partial charge in [0.1, 0.15) is 0 Å². The van der Waals surface area contributed by atoms with Crippen LogP contribution in [0.15, 0.2) is 22.7 Å². The van der Waals surface area contributed by atoms with Crippen molar-refractivity contribution in [3.05, 3.63) is 33.9 Å². The number of aryl methyl sites for hydroxylation is 2. The minimum Gasteiger partial charge on any atom is -0.345 e. The molecule has 1 unspecified atom stereocenters. The fourth-order valence-electron chi connectivity index (χ4n) is 2.03. The van der Waals surface area contributed by atoms with Crippen LogP contribution in [0.2, 0.25) is 0 Å². The van der Waals surface area contributed by atoms with Gasteiger partial charge < -0.3 is 10.3 Å². The molecule has 0 bridgehead atoms. The molecule has 1 heterocycles. The van der Waals surface area contributed by atoms with Crippen molar-refractivity contribution in [1.29, 1.82) is 0 Å². The van der Waals surface area contributed by atoms with Crippen LogP contribution in [0.25, 0.3) is 10.9 Å². The number of hydrogen-bond donors (Lipinski definition) is 1. The molecule has 0 aliphatic heterocycles. The minimum absolute atomic E-state index is 0.0390. The van der Waals surface area contributed by atoms with Crippen LogP contribution in [0.3, 0.4) is 0 Å². The molecule has 15 heavy (non-hydrogen) atoms. The van der Waals surface area contributed by atoms with Crippen molar-refractivity contribution in [3.63, 3.8) is 0 Å². The highest BCUT2D eigenvalue weighted by Crippen LogP contribution is 2.33. The molecule has 0 amide bonds. The zero-order valence-electron chi connectivity index (χ0n) is 9.21. The zero-order chi connectivity index (χ0) is 11.2. The highest BCUT2D eigenvalue weighted by Gasteiger charge is 2.15. The maximum atomic E-state index is 5.97. The van der Waals surface area contributed by atoms with Crippen molar-refractivity contribution in [1.82, 2.24) is 4.57 Å². The normalized spacial score (nSPS) is 13.4. The van der Waals surface area contributed by atoms with Crippen LogP contribution >= 0.6 is 15.9 Å². The van der Waals surface area contributed by atoms with Gasteiger partial charge in [-0.25, -0.2) is 0 Å². The summed E-state index contributed by atoms with van der Waals surface area (Å²) in [4.78, 5) is 0. The molecular weight excluding hydrogens is 252 g/mol. The lowest BCUT2D eigenvalue weighted by molar-refractivity contribution is 0.722. The third kappa shape index (κ3) is 1.60. The summed E-state index contributed by atoms with van der Waals surface area (Å²) in [6.45, 7) is 4.11. The van der Waals surface area contributed by atoms with Gasteiger partial charge in [-0.2, -0.15) is 0 Å². The second-order valence-corrected chi connectivity index (χ2v) is 4.86. The largest absolute Gasteiger partial charge is 0.345 e. The topological polar surface area (TPSA) is 30.9 Å². The number of fused-ring (bicyclic) bond motifs is 1. The van der Waals surface area contributed by atoms with E-state index in [9.17, 15) is 0 Å². The number of nitrogens with two attached hydrogens (primary N) is 1. The molecule has 2 nitrogen and oxygen atoms in total. The van der Waals surface area contributed by atoms with E-state index in [-0.39, 0.29) is 6.04 Å². The van der Waals surface area contributed by atoms with Gasteiger partial charge in [0.25, 0.3) is 0 Å². The SMILES string of the molecule is Cc1ccc2c(Br)c(C(C)N)n(C)c2c1. The summed E-state index contributed by atoms with van der Waals surface area (Å²) in [5.41, 5.74) is 9.62. The molecule has 0 radical (unpaired) electrons. The third-order valence-electron chi connectivity index (χ3n) is 2.77. The van der Waals surface area contributed by atoms with Crippen LogP contribution < -0.4 is 5.73 Å². The summed E-state index contributed by atoms with van der Waals surface area (Å²) in [5.74, 6) is 0. The second kappa shape index (κ2) is 3.65. The number of nitrogens with zero attached hydrogens (tertiary/aromatic N) is 1. The predicted molar refractivity (Wildman–Crippen MR) is 68.0 cm³/mol. The first-order chi connectivity index (χ1) is 7.02. The lowest BCUT2D eigenvalue weighted by Crippen LogP contribution is -2.10. The van der Waals surface area contributed by atoms with Crippen molar-refractivity contribution in [2.45, 2.75) is 19.9 Å². The average molecular weight is 267 g/mol. The molecule has 3 heteroatoms. The van der Waals surface area contributed by atoms with Crippen molar-refractivity contribution < 1.29 is 0 Å². The second-order valence-electron chi connectivity index (χ2n) is 4.07. The van der Waals surface area contributed by atoms with Gasteiger partial charge in [-0.15, -0.1) is 0 Å². The van der Waals surface area contributed by atoms with E-state index in [0.717, 1.165) is 10.2 Å². The summed E-state index contributed by atoms with van der Waals surface area (Å²) in [6.07, 6.45) is 0. The van der Waals surface area contributed by atoms with Gasteiger partial charge in [-0.05, 0) is 41.4 Å². The molecule has 0 spiro atoms. The fraction of sp³-hybridized carbons (Fsp3) is 0.333. The molecular formula is C12H15BrN2. The molecule has 2 N–H and O–H groups in total. The Kier molecular flexibility index (Phi) is 2.61. The van der Waals surface area contributed by atoms with E-state index in [2.05, 4.69) is 52.7 Å². The predicted octanol–water partition coefficient (Wildman–Crippen LogP) is 3.27. The van der Waals surface area contributed by atoms with Crippen LogP contribution in [-0.2, 0) is 7.05 Å². The Hall–Kier alpha value is -0.800. The molecule has 0 saturated carbocycles. The van der Waals surface area contributed by atoms with Crippen molar-refractivity contribution in [3.8, 4) is 0 Å². The van der Waals surface area contributed by atoms with Crippen LogP contribution in [0.1, 0.15) is 24.2 Å². The molecule has 1 atom stereocenters. The highest BCUT2D eigenvalue weighted by molar-refractivity contribution is 9.10. The van der Waals surface area contributed by atoms with Crippen LogP contribution in [0.5, 0.6) is 0 Å². The zero-order valence-corrected chi connectivity index (χ0v) is 10.8. The van der Waals surface area contributed by atoms with E-state index in [1.807, 2.05) is 6.92 Å². The summed E-state index contributed by atoms with van der Waals surface area (Å²) < 4.78 is 3.28. The molecule has 80 valence electrons. The summed E-state index contributed by atoms with van der Waals surface area (Å²) in [7, 11) is 2.06. The first-order valence-electron chi connectivity index (χ1n) is 5.02. The van der Waals surface area contributed by atoms with E-state index < -0.39 is 0 Å². The lowest BCUT2D eigenvalue weighted by Gasteiger charge is -2.08. The Bertz CT molecular complexity index is 512. The van der Waals surface area contributed by atoms with Crippen molar-refractivity contribution in [2.24, 2.45) is 12.8 Å². The fourth-order valence-corrected chi connectivity index (χ4v) is 2.99. The summed E-state index contributed by atoms with van der Waals surface area (Å²) in [6, 6.07) is 6.49. The van der Waals surface area contributed by atoms with Crippen LogP contribution in [-0.4, -0.2) is 4.57 Å². The molecule has 1 aromatic heterocycles. The Balaban J connectivity index is 2.85. The number of hydrogen-bond acceptors (Lipinski definition) is 1. The monoisotopic (exact) mass is 266 g/mol.